The Hall–Kier alpha value is -1.00. The Morgan fingerprint density at radius 2 is 1.94 bits per heavy atom. The van der Waals surface area contributed by atoms with Crippen LogP contribution in [-0.4, -0.2) is 11.2 Å². The molecule has 0 bridgehead atoms. The number of benzene rings is 1. The highest BCUT2D eigenvalue weighted by atomic mass is 19.2. The van der Waals surface area contributed by atoms with Crippen LogP contribution in [0, 0.1) is 24.5 Å². The maximum atomic E-state index is 13.6. The van der Waals surface area contributed by atoms with Crippen LogP contribution in [-0.2, 0) is 0 Å². The summed E-state index contributed by atoms with van der Waals surface area (Å²) in [5, 5.41) is 9.78. The van der Waals surface area contributed by atoms with Gasteiger partial charge in [0.25, 0.3) is 0 Å². The van der Waals surface area contributed by atoms with E-state index in [-0.39, 0.29) is 17.0 Å². The van der Waals surface area contributed by atoms with Crippen LogP contribution in [0.1, 0.15) is 30.0 Å². The minimum absolute atomic E-state index is 0.0579. The van der Waals surface area contributed by atoms with Crippen molar-refractivity contribution < 1.29 is 13.9 Å². The van der Waals surface area contributed by atoms with Crippen molar-refractivity contribution in [1.82, 2.24) is 0 Å². The molecular weight excluding hydrogens is 212 g/mol. The Kier molecular flexibility index (Phi) is 2.95. The van der Waals surface area contributed by atoms with Crippen LogP contribution in [0.5, 0.6) is 0 Å². The van der Waals surface area contributed by atoms with E-state index < -0.39 is 23.8 Å². The van der Waals surface area contributed by atoms with Gasteiger partial charge in [0.15, 0.2) is 11.6 Å². The summed E-state index contributed by atoms with van der Waals surface area (Å²) >= 11 is 0. The van der Waals surface area contributed by atoms with E-state index >= 15 is 0 Å². The standard InChI is InChI=1S/C12H15F2NO/c1-6-2-5-8(10(14)9(6)13)11(15)12(16)7-3-4-7/h2,5,7,11-12,16H,3-4,15H2,1H3/t11-,12+/m1/s1. The van der Waals surface area contributed by atoms with Gasteiger partial charge < -0.3 is 10.8 Å². The van der Waals surface area contributed by atoms with Gasteiger partial charge in [0, 0.05) is 5.56 Å². The lowest BCUT2D eigenvalue weighted by Gasteiger charge is -2.19. The third kappa shape index (κ3) is 1.95. The fourth-order valence-electron chi connectivity index (χ4n) is 1.83. The van der Waals surface area contributed by atoms with Crippen LogP contribution >= 0.6 is 0 Å². The van der Waals surface area contributed by atoms with Crippen LogP contribution in [0.2, 0.25) is 0 Å². The van der Waals surface area contributed by atoms with Crippen molar-refractivity contribution >= 4 is 0 Å². The molecule has 0 saturated heterocycles. The average Bonchev–Trinajstić information content (AvgIpc) is 3.08. The van der Waals surface area contributed by atoms with E-state index in [1.807, 2.05) is 0 Å². The zero-order chi connectivity index (χ0) is 11.9. The van der Waals surface area contributed by atoms with Crippen LogP contribution in [0.3, 0.4) is 0 Å². The zero-order valence-electron chi connectivity index (χ0n) is 9.08. The van der Waals surface area contributed by atoms with Gasteiger partial charge in [-0.05, 0) is 31.2 Å². The third-order valence-corrected chi connectivity index (χ3v) is 3.14. The molecule has 2 atom stereocenters. The fourth-order valence-corrected chi connectivity index (χ4v) is 1.83. The molecule has 16 heavy (non-hydrogen) atoms. The van der Waals surface area contributed by atoms with Gasteiger partial charge >= 0.3 is 0 Å². The van der Waals surface area contributed by atoms with Crippen molar-refractivity contribution in [2.75, 3.05) is 0 Å². The van der Waals surface area contributed by atoms with E-state index in [4.69, 9.17) is 5.73 Å². The number of aryl methyl sites for hydroxylation is 1. The first-order valence-corrected chi connectivity index (χ1v) is 5.40. The first-order valence-electron chi connectivity index (χ1n) is 5.40. The van der Waals surface area contributed by atoms with Gasteiger partial charge in [0.05, 0.1) is 12.1 Å². The molecule has 3 N–H and O–H groups in total. The highest BCUT2D eigenvalue weighted by Gasteiger charge is 2.35. The van der Waals surface area contributed by atoms with Crippen LogP contribution in [0.15, 0.2) is 12.1 Å². The third-order valence-electron chi connectivity index (χ3n) is 3.14. The summed E-state index contributed by atoms with van der Waals surface area (Å²) in [5.74, 6) is -1.68. The van der Waals surface area contributed by atoms with Gasteiger partial charge in [-0.2, -0.15) is 0 Å². The molecule has 0 aromatic heterocycles. The first-order chi connectivity index (χ1) is 7.52. The Balaban J connectivity index is 2.29. The van der Waals surface area contributed by atoms with Crippen molar-refractivity contribution in [3.8, 4) is 0 Å². The summed E-state index contributed by atoms with van der Waals surface area (Å²) in [6, 6.07) is 2.08. The summed E-state index contributed by atoms with van der Waals surface area (Å²) in [7, 11) is 0. The minimum atomic E-state index is -0.938. The van der Waals surface area contributed by atoms with Gasteiger partial charge in [0.1, 0.15) is 0 Å². The van der Waals surface area contributed by atoms with E-state index in [1.54, 1.807) is 0 Å². The Morgan fingerprint density at radius 1 is 1.31 bits per heavy atom. The molecule has 2 rings (SSSR count). The Morgan fingerprint density at radius 3 is 2.50 bits per heavy atom. The molecule has 0 spiro atoms. The molecule has 2 nitrogen and oxygen atoms in total. The monoisotopic (exact) mass is 227 g/mol. The number of aliphatic hydroxyl groups excluding tert-OH is 1. The molecule has 1 aromatic rings. The van der Waals surface area contributed by atoms with Crippen LogP contribution in [0.4, 0.5) is 8.78 Å². The first kappa shape index (κ1) is 11.5. The SMILES string of the molecule is Cc1ccc([C@@H](N)[C@@H](O)C2CC2)c(F)c1F. The largest absolute Gasteiger partial charge is 0.391 e. The van der Waals surface area contributed by atoms with E-state index in [2.05, 4.69) is 0 Å². The van der Waals surface area contributed by atoms with Crippen molar-refractivity contribution in [2.24, 2.45) is 11.7 Å². The van der Waals surface area contributed by atoms with E-state index in [0.29, 0.717) is 0 Å². The molecule has 0 amide bonds. The maximum absolute atomic E-state index is 13.6. The van der Waals surface area contributed by atoms with Crippen LogP contribution < -0.4 is 5.73 Å². The van der Waals surface area contributed by atoms with Crippen LogP contribution in [0.25, 0.3) is 0 Å². The molecule has 0 aliphatic heterocycles. The molecule has 1 saturated carbocycles. The van der Waals surface area contributed by atoms with Gasteiger partial charge in [0.2, 0.25) is 0 Å². The van der Waals surface area contributed by atoms with E-state index in [9.17, 15) is 13.9 Å². The van der Waals surface area contributed by atoms with E-state index in [0.717, 1.165) is 12.8 Å². The number of nitrogens with two attached hydrogens (primary N) is 1. The summed E-state index contributed by atoms with van der Waals surface area (Å²) < 4.78 is 26.9. The lowest BCUT2D eigenvalue weighted by Crippen LogP contribution is -2.29. The van der Waals surface area contributed by atoms with Gasteiger partial charge in [-0.25, -0.2) is 8.78 Å². The van der Waals surface area contributed by atoms with Crippen molar-refractivity contribution in [3.05, 3.63) is 34.9 Å². The van der Waals surface area contributed by atoms with Gasteiger partial charge in [-0.3, -0.25) is 0 Å². The summed E-state index contributed by atoms with van der Waals surface area (Å²) in [6.07, 6.45) is 1.03. The van der Waals surface area contributed by atoms with Gasteiger partial charge in [-0.1, -0.05) is 12.1 Å². The fraction of sp³-hybridized carbons (Fsp3) is 0.500. The normalized spacial score (nSPS) is 19.6. The molecule has 1 aliphatic rings. The second kappa shape index (κ2) is 4.11. The number of hydrogen-bond donors (Lipinski definition) is 2. The summed E-state index contributed by atoms with van der Waals surface area (Å²) in [4.78, 5) is 0. The molecule has 0 heterocycles. The second-order valence-electron chi connectivity index (χ2n) is 4.45. The average molecular weight is 227 g/mol. The summed E-state index contributed by atoms with van der Waals surface area (Å²) in [6.45, 7) is 1.49. The number of halogens is 2. The number of rotatable bonds is 3. The molecule has 1 aromatic carbocycles. The second-order valence-corrected chi connectivity index (χ2v) is 4.45. The zero-order valence-corrected chi connectivity index (χ0v) is 9.08. The number of aliphatic hydroxyl groups is 1. The lowest BCUT2D eigenvalue weighted by molar-refractivity contribution is 0.120. The summed E-state index contributed by atoms with van der Waals surface area (Å²) in [5.41, 5.74) is 6.05. The van der Waals surface area contributed by atoms with Crippen molar-refractivity contribution in [2.45, 2.75) is 31.9 Å². The molecule has 1 aliphatic carbocycles. The molecule has 88 valence electrons. The maximum Gasteiger partial charge on any atom is 0.163 e. The van der Waals surface area contributed by atoms with Crippen molar-refractivity contribution in [1.29, 1.82) is 0 Å². The Labute approximate surface area is 93.1 Å². The highest BCUT2D eigenvalue weighted by Crippen LogP contribution is 2.37. The predicted molar refractivity (Wildman–Crippen MR) is 56.8 cm³/mol. The molecule has 4 heteroatoms. The number of hydrogen-bond acceptors (Lipinski definition) is 2. The molecule has 0 radical (unpaired) electrons. The van der Waals surface area contributed by atoms with Gasteiger partial charge in [-0.15, -0.1) is 0 Å². The minimum Gasteiger partial charge on any atom is -0.391 e. The smallest absolute Gasteiger partial charge is 0.163 e. The molecule has 1 fully saturated rings. The van der Waals surface area contributed by atoms with Crippen molar-refractivity contribution in [3.63, 3.8) is 0 Å². The Bertz CT molecular complexity index is 404. The topological polar surface area (TPSA) is 46.2 Å². The predicted octanol–water partition coefficient (Wildman–Crippen LogP) is 2.04. The highest BCUT2D eigenvalue weighted by molar-refractivity contribution is 5.28. The van der Waals surface area contributed by atoms with E-state index in [1.165, 1.54) is 19.1 Å². The quantitative estimate of drug-likeness (QED) is 0.830. The lowest BCUT2D eigenvalue weighted by atomic mass is 9.97. The molecule has 0 unspecified atom stereocenters. The molecular formula is C12H15F2NO.